The molecule has 2 aromatic rings. The lowest BCUT2D eigenvalue weighted by Gasteiger charge is -2.35. The SMILES string of the molecule is COc1ccccc1N1CCN(N=Cc2cccc(Br)c2)CC1. The summed E-state index contributed by atoms with van der Waals surface area (Å²) in [7, 11) is 1.72. The fourth-order valence-corrected chi connectivity index (χ4v) is 3.10. The first kappa shape index (κ1) is 15.9. The van der Waals surface area contributed by atoms with Crippen LogP contribution in [0.1, 0.15) is 5.56 Å². The number of hydrazone groups is 1. The monoisotopic (exact) mass is 373 g/mol. The minimum Gasteiger partial charge on any atom is -0.495 e. The zero-order valence-corrected chi connectivity index (χ0v) is 14.7. The van der Waals surface area contributed by atoms with Gasteiger partial charge in [-0.1, -0.05) is 40.2 Å². The predicted octanol–water partition coefficient (Wildman–Crippen LogP) is 3.61. The van der Waals surface area contributed by atoms with Crippen molar-refractivity contribution in [2.75, 3.05) is 38.2 Å². The van der Waals surface area contributed by atoms with Gasteiger partial charge in [0, 0.05) is 17.6 Å². The highest BCUT2D eigenvalue weighted by Crippen LogP contribution is 2.28. The molecule has 5 heteroatoms. The van der Waals surface area contributed by atoms with Crippen LogP contribution in [0.3, 0.4) is 0 Å². The Hall–Kier alpha value is -2.01. The Balaban J connectivity index is 1.60. The summed E-state index contributed by atoms with van der Waals surface area (Å²) in [5, 5.41) is 6.71. The van der Waals surface area contributed by atoms with E-state index in [-0.39, 0.29) is 0 Å². The smallest absolute Gasteiger partial charge is 0.142 e. The van der Waals surface area contributed by atoms with Gasteiger partial charge in [0.05, 0.1) is 32.1 Å². The minimum atomic E-state index is 0.905. The molecule has 1 aliphatic heterocycles. The number of anilines is 1. The number of halogens is 1. The molecule has 0 atom stereocenters. The van der Waals surface area contributed by atoms with Crippen LogP contribution in [0.5, 0.6) is 5.75 Å². The zero-order chi connectivity index (χ0) is 16.1. The minimum absolute atomic E-state index is 0.905. The summed E-state index contributed by atoms with van der Waals surface area (Å²) in [4.78, 5) is 2.35. The first-order chi connectivity index (χ1) is 11.3. The first-order valence-electron chi connectivity index (χ1n) is 7.69. The van der Waals surface area contributed by atoms with E-state index in [0.717, 1.165) is 47.7 Å². The number of hydrogen-bond acceptors (Lipinski definition) is 4. The van der Waals surface area contributed by atoms with Gasteiger partial charge in [-0.25, -0.2) is 0 Å². The summed E-state index contributed by atoms with van der Waals surface area (Å²) in [5.41, 5.74) is 2.26. The van der Waals surface area contributed by atoms with Gasteiger partial charge < -0.3 is 9.64 Å². The average molecular weight is 374 g/mol. The summed E-state index contributed by atoms with van der Waals surface area (Å²) in [6.45, 7) is 3.69. The van der Waals surface area contributed by atoms with Crippen molar-refractivity contribution >= 4 is 27.8 Å². The average Bonchev–Trinajstić information content (AvgIpc) is 2.60. The van der Waals surface area contributed by atoms with Gasteiger partial charge in [0.1, 0.15) is 5.75 Å². The number of nitrogens with zero attached hydrogens (tertiary/aromatic N) is 3. The molecule has 0 bridgehead atoms. The van der Waals surface area contributed by atoms with Crippen molar-refractivity contribution < 1.29 is 4.74 Å². The van der Waals surface area contributed by atoms with Crippen LogP contribution in [0, 0.1) is 0 Å². The first-order valence-corrected chi connectivity index (χ1v) is 8.48. The Morgan fingerprint density at radius 2 is 1.83 bits per heavy atom. The van der Waals surface area contributed by atoms with Gasteiger partial charge in [-0.15, -0.1) is 0 Å². The third kappa shape index (κ3) is 4.05. The van der Waals surface area contributed by atoms with E-state index in [1.54, 1.807) is 7.11 Å². The molecule has 0 saturated carbocycles. The van der Waals surface area contributed by atoms with Gasteiger partial charge in [0.25, 0.3) is 0 Å². The molecule has 2 aromatic carbocycles. The molecule has 1 saturated heterocycles. The van der Waals surface area contributed by atoms with Crippen molar-refractivity contribution in [1.29, 1.82) is 0 Å². The zero-order valence-electron chi connectivity index (χ0n) is 13.2. The number of ether oxygens (including phenoxy) is 1. The van der Waals surface area contributed by atoms with Crippen molar-refractivity contribution in [1.82, 2.24) is 5.01 Å². The molecule has 3 rings (SSSR count). The molecular formula is C18H20BrN3O. The van der Waals surface area contributed by atoms with Crippen LogP contribution in [0.25, 0.3) is 0 Å². The Morgan fingerprint density at radius 3 is 2.57 bits per heavy atom. The maximum atomic E-state index is 5.45. The van der Waals surface area contributed by atoms with Crippen molar-refractivity contribution in [3.63, 3.8) is 0 Å². The summed E-state index contributed by atoms with van der Waals surface area (Å²) in [5.74, 6) is 0.929. The largest absolute Gasteiger partial charge is 0.495 e. The molecule has 4 nitrogen and oxygen atoms in total. The third-order valence-corrected chi connectivity index (χ3v) is 4.39. The molecule has 0 unspecified atom stereocenters. The lowest BCUT2D eigenvalue weighted by molar-refractivity contribution is 0.271. The molecule has 0 spiro atoms. The normalized spacial score (nSPS) is 15.2. The van der Waals surface area contributed by atoms with Gasteiger partial charge in [0.15, 0.2) is 0 Å². The summed E-state index contributed by atoms with van der Waals surface area (Å²) in [6.07, 6.45) is 1.92. The van der Waals surface area contributed by atoms with Gasteiger partial charge in [-0.3, -0.25) is 5.01 Å². The molecule has 0 aliphatic carbocycles. The number of piperazine rings is 1. The van der Waals surface area contributed by atoms with Crippen LogP contribution in [0.15, 0.2) is 58.1 Å². The van der Waals surface area contributed by atoms with E-state index < -0.39 is 0 Å². The number of methoxy groups -OCH3 is 1. The Morgan fingerprint density at radius 1 is 1.04 bits per heavy atom. The molecule has 0 aromatic heterocycles. The van der Waals surface area contributed by atoms with Gasteiger partial charge in [0.2, 0.25) is 0 Å². The molecule has 1 heterocycles. The number of hydrogen-bond donors (Lipinski definition) is 0. The molecule has 23 heavy (non-hydrogen) atoms. The van der Waals surface area contributed by atoms with Crippen molar-refractivity contribution in [2.24, 2.45) is 5.10 Å². The Kier molecular flexibility index (Phi) is 5.18. The maximum absolute atomic E-state index is 5.45. The summed E-state index contributed by atoms with van der Waals surface area (Å²) in [6, 6.07) is 16.3. The third-order valence-electron chi connectivity index (χ3n) is 3.90. The van der Waals surface area contributed by atoms with E-state index in [1.807, 2.05) is 30.5 Å². The highest BCUT2D eigenvalue weighted by Gasteiger charge is 2.18. The molecule has 0 N–H and O–H groups in total. The standard InChI is InChI=1S/C18H20BrN3O/c1-23-18-8-3-2-7-17(18)21-9-11-22(12-10-21)20-14-15-5-4-6-16(19)13-15/h2-8,13-14H,9-12H2,1H3. The van der Waals surface area contributed by atoms with Gasteiger partial charge in [-0.05, 0) is 29.8 Å². The highest BCUT2D eigenvalue weighted by atomic mass is 79.9. The van der Waals surface area contributed by atoms with Gasteiger partial charge >= 0.3 is 0 Å². The van der Waals surface area contributed by atoms with E-state index in [2.05, 4.69) is 55.2 Å². The fraction of sp³-hybridized carbons (Fsp3) is 0.278. The molecule has 1 fully saturated rings. The number of para-hydroxylation sites is 2. The molecule has 120 valence electrons. The summed E-state index contributed by atoms with van der Waals surface area (Å²) >= 11 is 3.48. The van der Waals surface area contributed by atoms with E-state index in [1.165, 1.54) is 0 Å². The van der Waals surface area contributed by atoms with Crippen LogP contribution in [0.4, 0.5) is 5.69 Å². The van der Waals surface area contributed by atoms with Crippen LogP contribution in [0.2, 0.25) is 0 Å². The second-order valence-electron chi connectivity index (χ2n) is 5.41. The lowest BCUT2D eigenvalue weighted by atomic mass is 10.2. The van der Waals surface area contributed by atoms with Crippen LogP contribution in [-0.4, -0.2) is 44.5 Å². The number of rotatable bonds is 4. The maximum Gasteiger partial charge on any atom is 0.142 e. The van der Waals surface area contributed by atoms with Crippen molar-refractivity contribution in [3.8, 4) is 5.75 Å². The predicted molar refractivity (Wildman–Crippen MR) is 98.5 cm³/mol. The van der Waals surface area contributed by atoms with Crippen molar-refractivity contribution in [3.05, 3.63) is 58.6 Å². The van der Waals surface area contributed by atoms with Crippen LogP contribution >= 0.6 is 15.9 Å². The number of benzene rings is 2. The van der Waals surface area contributed by atoms with Crippen molar-refractivity contribution in [2.45, 2.75) is 0 Å². The molecule has 0 radical (unpaired) electrons. The second-order valence-corrected chi connectivity index (χ2v) is 6.33. The Bertz CT molecular complexity index is 681. The highest BCUT2D eigenvalue weighted by molar-refractivity contribution is 9.10. The topological polar surface area (TPSA) is 28.1 Å². The summed E-state index contributed by atoms with van der Waals surface area (Å²) < 4.78 is 6.52. The van der Waals surface area contributed by atoms with Gasteiger partial charge in [-0.2, -0.15) is 5.10 Å². The van der Waals surface area contributed by atoms with E-state index >= 15 is 0 Å². The van der Waals surface area contributed by atoms with E-state index in [0.29, 0.717) is 0 Å². The van der Waals surface area contributed by atoms with E-state index in [4.69, 9.17) is 4.74 Å². The lowest BCUT2D eigenvalue weighted by Crippen LogP contribution is -2.44. The fourth-order valence-electron chi connectivity index (χ4n) is 2.68. The Labute approximate surface area is 145 Å². The van der Waals surface area contributed by atoms with Crippen LogP contribution in [-0.2, 0) is 0 Å². The molecule has 1 aliphatic rings. The molecular weight excluding hydrogens is 354 g/mol. The van der Waals surface area contributed by atoms with Crippen LogP contribution < -0.4 is 9.64 Å². The quantitative estimate of drug-likeness (QED) is 0.766. The van der Waals surface area contributed by atoms with E-state index in [9.17, 15) is 0 Å². The second kappa shape index (κ2) is 7.51. The molecule has 0 amide bonds.